The third-order valence-corrected chi connectivity index (χ3v) is 5.21. The van der Waals surface area contributed by atoms with E-state index in [1.807, 2.05) is 61.5 Å². The fourth-order valence-electron chi connectivity index (χ4n) is 3.30. The van der Waals surface area contributed by atoms with Crippen molar-refractivity contribution in [1.82, 2.24) is 9.97 Å². The Balaban J connectivity index is 1.32. The number of carboxylic acid groups (broad SMARTS) is 1. The highest BCUT2D eigenvalue weighted by Gasteiger charge is 2.12. The molecule has 8 heteroatoms. The fraction of sp³-hybridized carbons (Fsp3) is 0.185. The highest BCUT2D eigenvalue weighted by Crippen LogP contribution is 2.23. The molecule has 0 amide bonds. The van der Waals surface area contributed by atoms with E-state index in [1.165, 1.54) is 0 Å². The molecule has 0 saturated carbocycles. The van der Waals surface area contributed by atoms with Crippen LogP contribution >= 0.6 is 0 Å². The maximum Gasteiger partial charge on any atom is 0.303 e. The van der Waals surface area contributed by atoms with E-state index < -0.39 is 5.97 Å². The molecular formula is C27H25N3O5. The van der Waals surface area contributed by atoms with Crippen molar-refractivity contribution in [2.24, 2.45) is 5.16 Å². The molecule has 8 nitrogen and oxygen atoms in total. The van der Waals surface area contributed by atoms with E-state index in [9.17, 15) is 4.79 Å². The Labute approximate surface area is 202 Å². The molecule has 0 bridgehead atoms. The van der Waals surface area contributed by atoms with Crippen LogP contribution in [0.3, 0.4) is 0 Å². The van der Waals surface area contributed by atoms with Crippen LogP contribution in [0.4, 0.5) is 0 Å². The third-order valence-electron chi connectivity index (χ3n) is 5.21. The van der Waals surface area contributed by atoms with Crippen molar-refractivity contribution in [2.45, 2.75) is 33.0 Å². The molecule has 0 aliphatic rings. The lowest BCUT2D eigenvalue weighted by Gasteiger charge is -2.07. The van der Waals surface area contributed by atoms with Gasteiger partial charge in [-0.05, 0) is 48.9 Å². The molecule has 0 atom stereocenters. The number of aromatic nitrogens is 2. The fourth-order valence-corrected chi connectivity index (χ4v) is 3.30. The Morgan fingerprint density at radius 3 is 2.43 bits per heavy atom. The van der Waals surface area contributed by atoms with Crippen molar-refractivity contribution in [3.8, 4) is 17.2 Å². The lowest BCUT2D eigenvalue weighted by atomic mass is 10.1. The van der Waals surface area contributed by atoms with E-state index in [1.54, 1.807) is 24.5 Å². The lowest BCUT2D eigenvalue weighted by molar-refractivity contribution is -0.136. The molecule has 35 heavy (non-hydrogen) atoms. The summed E-state index contributed by atoms with van der Waals surface area (Å²) in [4.78, 5) is 25.0. The standard InChI is InChI=1S/C27H25N3O5/c1-19-25(29-27(35-19)22-5-3-2-4-6-22)18-33-23-9-7-20(8-10-23)17-34-30-24(11-12-26(31)32)21-13-15-28-16-14-21/h2-10,13-16H,11-12,17-18H2,1H3,(H,31,32)/b30-24-. The molecule has 1 N–H and O–H groups in total. The molecule has 2 aromatic carbocycles. The van der Waals surface area contributed by atoms with Crippen LogP contribution in [0.2, 0.25) is 0 Å². The van der Waals surface area contributed by atoms with Gasteiger partial charge in [0.15, 0.2) is 0 Å². The van der Waals surface area contributed by atoms with Gasteiger partial charge in [-0.1, -0.05) is 35.5 Å². The molecule has 0 radical (unpaired) electrons. The van der Waals surface area contributed by atoms with Crippen molar-refractivity contribution in [3.63, 3.8) is 0 Å². The molecule has 2 aromatic heterocycles. The normalized spacial score (nSPS) is 11.3. The summed E-state index contributed by atoms with van der Waals surface area (Å²) in [6, 6.07) is 20.8. The van der Waals surface area contributed by atoms with Crippen LogP contribution < -0.4 is 4.74 Å². The van der Waals surface area contributed by atoms with E-state index in [0.717, 1.165) is 28.1 Å². The number of ether oxygens (including phenoxy) is 1. The topological polar surface area (TPSA) is 107 Å². The Hall–Kier alpha value is -4.46. The highest BCUT2D eigenvalue weighted by atomic mass is 16.6. The molecule has 0 aliphatic carbocycles. The van der Waals surface area contributed by atoms with Gasteiger partial charge in [-0.3, -0.25) is 9.78 Å². The molecule has 0 saturated heterocycles. The van der Waals surface area contributed by atoms with Crippen LogP contribution in [-0.4, -0.2) is 26.8 Å². The summed E-state index contributed by atoms with van der Waals surface area (Å²) < 4.78 is 11.7. The number of oxime groups is 1. The number of carbonyl (C=O) groups is 1. The summed E-state index contributed by atoms with van der Waals surface area (Å²) in [5.41, 5.74) is 3.91. The van der Waals surface area contributed by atoms with Gasteiger partial charge >= 0.3 is 5.97 Å². The highest BCUT2D eigenvalue weighted by molar-refractivity contribution is 6.01. The summed E-state index contributed by atoms with van der Waals surface area (Å²) in [7, 11) is 0. The van der Waals surface area contributed by atoms with Gasteiger partial charge in [-0.2, -0.15) is 0 Å². The number of hydrogen-bond donors (Lipinski definition) is 1. The number of nitrogens with zero attached hydrogens (tertiary/aromatic N) is 3. The maximum atomic E-state index is 11.0. The quantitative estimate of drug-likeness (QED) is 0.230. The van der Waals surface area contributed by atoms with Gasteiger partial charge in [0.2, 0.25) is 5.89 Å². The van der Waals surface area contributed by atoms with Crippen LogP contribution in [0.25, 0.3) is 11.5 Å². The van der Waals surface area contributed by atoms with E-state index in [-0.39, 0.29) is 19.4 Å². The largest absolute Gasteiger partial charge is 0.487 e. The number of hydrogen-bond acceptors (Lipinski definition) is 7. The smallest absolute Gasteiger partial charge is 0.303 e. The first-order valence-corrected chi connectivity index (χ1v) is 11.1. The zero-order chi connectivity index (χ0) is 24.5. The van der Waals surface area contributed by atoms with Crippen molar-refractivity contribution >= 4 is 11.7 Å². The predicted molar refractivity (Wildman–Crippen MR) is 130 cm³/mol. The first kappa shape index (κ1) is 23.7. The first-order chi connectivity index (χ1) is 17.1. The second-order valence-electron chi connectivity index (χ2n) is 7.76. The molecule has 0 unspecified atom stereocenters. The van der Waals surface area contributed by atoms with Gasteiger partial charge in [0.25, 0.3) is 0 Å². The number of pyridine rings is 1. The van der Waals surface area contributed by atoms with Gasteiger partial charge in [0.1, 0.15) is 30.4 Å². The van der Waals surface area contributed by atoms with Crippen molar-refractivity contribution in [2.75, 3.05) is 0 Å². The second-order valence-corrected chi connectivity index (χ2v) is 7.76. The molecule has 4 rings (SSSR count). The van der Waals surface area contributed by atoms with Gasteiger partial charge in [0.05, 0.1) is 12.1 Å². The van der Waals surface area contributed by atoms with Crippen LogP contribution in [0.15, 0.2) is 88.7 Å². The Kier molecular flexibility index (Phi) is 7.85. The van der Waals surface area contributed by atoms with Crippen LogP contribution in [0.1, 0.15) is 35.4 Å². The third kappa shape index (κ3) is 6.77. The zero-order valence-electron chi connectivity index (χ0n) is 19.3. The molecule has 4 aromatic rings. The molecule has 0 aliphatic heterocycles. The first-order valence-electron chi connectivity index (χ1n) is 11.1. The molecular weight excluding hydrogens is 446 g/mol. The van der Waals surface area contributed by atoms with Crippen LogP contribution in [0, 0.1) is 6.92 Å². The Bertz CT molecular complexity index is 1270. The zero-order valence-corrected chi connectivity index (χ0v) is 19.3. The molecule has 2 heterocycles. The minimum absolute atomic E-state index is 0.0333. The number of aryl methyl sites for hydroxylation is 1. The molecule has 178 valence electrons. The summed E-state index contributed by atoms with van der Waals surface area (Å²) in [5, 5.41) is 13.2. The van der Waals surface area contributed by atoms with E-state index in [2.05, 4.69) is 15.1 Å². The van der Waals surface area contributed by atoms with Crippen LogP contribution in [-0.2, 0) is 22.8 Å². The number of benzene rings is 2. The van der Waals surface area contributed by atoms with Crippen LogP contribution in [0.5, 0.6) is 5.75 Å². The molecule has 0 fully saturated rings. The summed E-state index contributed by atoms with van der Waals surface area (Å²) in [6.07, 6.45) is 3.49. The minimum atomic E-state index is -0.889. The van der Waals surface area contributed by atoms with Gasteiger partial charge in [0, 0.05) is 29.9 Å². The summed E-state index contributed by atoms with van der Waals surface area (Å²) in [5.74, 6) is 1.10. The lowest BCUT2D eigenvalue weighted by Crippen LogP contribution is -2.06. The number of rotatable bonds is 11. The SMILES string of the molecule is Cc1oc(-c2ccccc2)nc1COc1ccc(CO/N=C(/CCC(=O)O)c2ccncc2)cc1. The van der Waals surface area contributed by atoms with Crippen molar-refractivity contribution in [3.05, 3.63) is 102 Å². The van der Waals surface area contributed by atoms with Gasteiger partial charge in [-0.25, -0.2) is 4.98 Å². The van der Waals surface area contributed by atoms with E-state index in [0.29, 0.717) is 24.0 Å². The summed E-state index contributed by atoms with van der Waals surface area (Å²) >= 11 is 0. The average Bonchev–Trinajstić information content (AvgIpc) is 3.27. The van der Waals surface area contributed by atoms with Crippen molar-refractivity contribution in [1.29, 1.82) is 0 Å². The van der Waals surface area contributed by atoms with Gasteiger partial charge < -0.3 is 19.1 Å². The van der Waals surface area contributed by atoms with Crippen molar-refractivity contribution < 1.29 is 23.9 Å². The average molecular weight is 472 g/mol. The minimum Gasteiger partial charge on any atom is -0.487 e. The predicted octanol–water partition coefficient (Wildman–Crippen LogP) is 5.41. The van der Waals surface area contributed by atoms with Gasteiger partial charge in [-0.15, -0.1) is 0 Å². The van der Waals surface area contributed by atoms with E-state index >= 15 is 0 Å². The Morgan fingerprint density at radius 1 is 0.971 bits per heavy atom. The second kappa shape index (κ2) is 11.6. The van der Waals surface area contributed by atoms with E-state index in [4.69, 9.17) is 19.1 Å². The maximum absolute atomic E-state index is 11.0. The number of oxazole rings is 1. The monoisotopic (exact) mass is 471 g/mol. The molecule has 0 spiro atoms. The summed E-state index contributed by atoms with van der Waals surface area (Å²) in [6.45, 7) is 2.40. The Morgan fingerprint density at radius 2 is 1.71 bits per heavy atom. The number of aliphatic carboxylic acids is 1. The number of carboxylic acids is 1.